The number of carbonyl (C=O) groups excluding carboxylic acids is 3. The zero-order valence-electron chi connectivity index (χ0n) is 21.9. The van der Waals surface area contributed by atoms with Crippen LogP contribution in [0.15, 0.2) is 59.1 Å². The average Bonchev–Trinajstić information content (AvgIpc) is 3.57. The summed E-state index contributed by atoms with van der Waals surface area (Å²) < 4.78 is 29.1. The predicted octanol–water partition coefficient (Wildman–Crippen LogP) is 2.31. The van der Waals surface area contributed by atoms with Crippen LogP contribution in [0.3, 0.4) is 0 Å². The van der Waals surface area contributed by atoms with Crippen LogP contribution >= 0.6 is 11.3 Å². The van der Waals surface area contributed by atoms with Gasteiger partial charge in [-0.3, -0.25) is 14.4 Å². The Kier molecular flexibility index (Phi) is 6.98. The summed E-state index contributed by atoms with van der Waals surface area (Å²) in [5.74, 6) is -1.16. The summed E-state index contributed by atoms with van der Waals surface area (Å²) >= 11 is 1.45. The van der Waals surface area contributed by atoms with Crippen LogP contribution in [0, 0.1) is 10.6 Å². The minimum absolute atomic E-state index is 0.181. The molecule has 2 aromatic heterocycles. The number of thiophene rings is 1. The highest BCUT2D eigenvalue weighted by Crippen LogP contribution is 2.35. The number of ketones is 1. The molecule has 4 heterocycles. The fraction of sp³-hybridized carbons (Fsp3) is 0.407. The second-order valence-corrected chi connectivity index (χ2v) is 14.0. The third-order valence-electron chi connectivity index (χ3n) is 7.16. The molecule has 39 heavy (non-hydrogen) atoms. The van der Waals surface area contributed by atoms with Gasteiger partial charge in [-0.2, -0.15) is 9.04 Å². The number of fused-ring (bicyclic) bond motifs is 2. The fourth-order valence-corrected chi connectivity index (χ4v) is 8.04. The number of benzene rings is 1. The molecule has 1 N–H and O–H groups in total. The van der Waals surface area contributed by atoms with Crippen LogP contribution in [0.1, 0.15) is 44.0 Å². The number of sulfonamides is 1. The van der Waals surface area contributed by atoms with Gasteiger partial charge in [-0.15, -0.1) is 11.3 Å². The Balaban J connectivity index is 1.40. The number of rotatable bonds is 6. The zero-order chi connectivity index (χ0) is 28.1. The van der Waals surface area contributed by atoms with E-state index in [1.54, 1.807) is 5.38 Å². The first kappa shape index (κ1) is 27.2. The summed E-state index contributed by atoms with van der Waals surface area (Å²) in [6.07, 6.45) is 2.73. The highest BCUT2D eigenvalue weighted by molar-refractivity contribution is 7.89. The summed E-state index contributed by atoms with van der Waals surface area (Å²) in [6, 6.07) is 7.59. The zero-order valence-corrected chi connectivity index (χ0v) is 23.5. The second kappa shape index (κ2) is 10.00. The van der Waals surface area contributed by atoms with Crippen LogP contribution in [-0.2, 0) is 19.6 Å². The van der Waals surface area contributed by atoms with Gasteiger partial charge in [0.2, 0.25) is 15.9 Å². The Labute approximate surface area is 230 Å². The molecule has 3 atom stereocenters. The summed E-state index contributed by atoms with van der Waals surface area (Å²) in [5.41, 5.74) is 0.161. The van der Waals surface area contributed by atoms with Crippen molar-refractivity contribution in [3.8, 4) is 0 Å². The van der Waals surface area contributed by atoms with Crippen LogP contribution in [0.5, 0.6) is 0 Å². The van der Waals surface area contributed by atoms with Gasteiger partial charge in [0.1, 0.15) is 17.0 Å². The first-order valence-electron chi connectivity index (χ1n) is 12.7. The molecule has 0 aliphatic carbocycles. The number of carbonyl (C=O) groups is 3. The smallest absolute Gasteiger partial charge is 0.253 e. The molecule has 2 saturated heterocycles. The number of nitrogens with one attached hydrogen (secondary N) is 1. The van der Waals surface area contributed by atoms with E-state index >= 15 is 0 Å². The van der Waals surface area contributed by atoms with E-state index in [0.717, 1.165) is 20.6 Å². The number of pyridine rings is 1. The number of hydrogen-bond acceptors (Lipinski definition) is 7. The SMILES string of the molecule is CC(C)(C)CC(NC(=O)c1csc2ccccc12)C(=O)N1CCC2C1C(=O)CN2S(=O)(=O)c1ccc[n+]([O-])c1. The average molecular weight is 571 g/mol. The van der Waals surface area contributed by atoms with Gasteiger partial charge >= 0.3 is 0 Å². The van der Waals surface area contributed by atoms with Crippen molar-refractivity contribution in [2.45, 2.75) is 56.6 Å². The summed E-state index contributed by atoms with van der Waals surface area (Å²) in [4.78, 5) is 41.6. The molecule has 0 spiro atoms. The summed E-state index contributed by atoms with van der Waals surface area (Å²) in [5, 5.41) is 17.2. The normalized spacial score (nSPS) is 20.8. The van der Waals surface area contributed by atoms with Crippen molar-refractivity contribution in [1.82, 2.24) is 14.5 Å². The molecular weight excluding hydrogens is 540 g/mol. The van der Waals surface area contributed by atoms with Crippen LogP contribution in [-0.4, -0.2) is 66.4 Å². The molecule has 12 heteroatoms. The maximum absolute atomic E-state index is 13.9. The quantitative estimate of drug-likeness (QED) is 0.358. The van der Waals surface area contributed by atoms with Crippen LogP contribution < -0.4 is 10.0 Å². The highest BCUT2D eigenvalue weighted by Gasteiger charge is 2.54. The van der Waals surface area contributed by atoms with Gasteiger partial charge in [0.05, 0.1) is 18.2 Å². The lowest BCUT2D eigenvalue weighted by Gasteiger charge is -2.31. The molecule has 0 bridgehead atoms. The van der Waals surface area contributed by atoms with Gasteiger partial charge in [0.25, 0.3) is 5.91 Å². The summed E-state index contributed by atoms with van der Waals surface area (Å²) in [6.45, 7) is 5.68. The van der Waals surface area contributed by atoms with E-state index in [1.165, 1.54) is 34.6 Å². The van der Waals surface area contributed by atoms with E-state index in [-0.39, 0.29) is 41.5 Å². The molecule has 206 valence electrons. The van der Waals surface area contributed by atoms with E-state index < -0.39 is 34.1 Å². The van der Waals surface area contributed by atoms with Gasteiger partial charge in [0, 0.05) is 28.1 Å². The predicted molar refractivity (Wildman–Crippen MR) is 145 cm³/mol. The largest absolute Gasteiger partial charge is 0.619 e. The molecular formula is C27H30N4O6S2. The molecule has 3 unspecified atom stereocenters. The first-order valence-corrected chi connectivity index (χ1v) is 15.0. The van der Waals surface area contributed by atoms with Gasteiger partial charge in [-0.1, -0.05) is 39.0 Å². The van der Waals surface area contributed by atoms with Gasteiger partial charge in [-0.05, 0) is 30.4 Å². The fourth-order valence-electron chi connectivity index (χ4n) is 5.47. The molecule has 1 aromatic carbocycles. The van der Waals surface area contributed by atoms with E-state index in [4.69, 9.17) is 0 Å². The number of aromatic nitrogens is 1. The number of likely N-dealkylation sites (tertiary alicyclic amines) is 1. The maximum Gasteiger partial charge on any atom is 0.253 e. The maximum atomic E-state index is 13.9. The van der Waals surface area contributed by atoms with Crippen molar-refractivity contribution in [3.63, 3.8) is 0 Å². The van der Waals surface area contributed by atoms with Crippen molar-refractivity contribution in [3.05, 3.63) is 64.9 Å². The highest BCUT2D eigenvalue weighted by atomic mass is 32.2. The Morgan fingerprint density at radius 2 is 1.95 bits per heavy atom. The third-order valence-corrected chi connectivity index (χ3v) is 9.98. The minimum Gasteiger partial charge on any atom is -0.619 e. The Morgan fingerprint density at radius 3 is 2.67 bits per heavy atom. The monoisotopic (exact) mass is 570 g/mol. The minimum atomic E-state index is -4.13. The van der Waals surface area contributed by atoms with Crippen molar-refractivity contribution in [2.24, 2.45) is 5.41 Å². The Morgan fingerprint density at radius 1 is 1.21 bits per heavy atom. The van der Waals surface area contributed by atoms with Crippen LogP contribution in [0.2, 0.25) is 0 Å². The number of amides is 2. The first-order chi connectivity index (χ1) is 18.4. The number of Topliss-reactive ketones (excluding diaryl/α,β-unsaturated/α-hetero) is 1. The second-order valence-electron chi connectivity index (χ2n) is 11.2. The van der Waals surface area contributed by atoms with E-state index in [9.17, 15) is 28.0 Å². The van der Waals surface area contributed by atoms with Gasteiger partial charge in [0.15, 0.2) is 18.2 Å². The molecule has 10 nitrogen and oxygen atoms in total. The van der Waals surface area contributed by atoms with Crippen molar-refractivity contribution in [2.75, 3.05) is 13.1 Å². The van der Waals surface area contributed by atoms with E-state index in [1.807, 2.05) is 45.0 Å². The molecule has 0 saturated carbocycles. The molecule has 2 amide bonds. The third kappa shape index (κ3) is 5.15. The molecule has 2 fully saturated rings. The molecule has 5 rings (SSSR count). The van der Waals surface area contributed by atoms with Crippen LogP contribution in [0.25, 0.3) is 10.1 Å². The van der Waals surface area contributed by atoms with Crippen LogP contribution in [0.4, 0.5) is 0 Å². The molecule has 3 aromatic rings. The lowest BCUT2D eigenvalue weighted by molar-refractivity contribution is -0.607. The Hall–Kier alpha value is -3.35. The molecule has 2 aliphatic heterocycles. The van der Waals surface area contributed by atoms with Crippen molar-refractivity contribution < 1.29 is 27.5 Å². The van der Waals surface area contributed by atoms with Crippen molar-refractivity contribution in [1.29, 1.82) is 0 Å². The van der Waals surface area contributed by atoms with Gasteiger partial charge in [-0.25, -0.2) is 8.42 Å². The van der Waals surface area contributed by atoms with E-state index in [0.29, 0.717) is 16.7 Å². The standard InChI is InChI=1S/C27H30N4O6S2/c1-27(2,3)13-20(28-25(33)19-16-38-23-9-5-4-8-18(19)23)26(34)30-12-10-21-24(30)22(32)15-31(21)39(36,37)17-7-6-11-29(35)14-17/h4-9,11,14,16,20-21,24H,10,12-13,15H2,1-3H3,(H,28,33). The number of nitrogens with zero attached hydrogens (tertiary/aromatic N) is 3. The Bertz CT molecular complexity index is 1560. The van der Waals surface area contributed by atoms with E-state index in [2.05, 4.69) is 5.32 Å². The van der Waals surface area contributed by atoms with Gasteiger partial charge < -0.3 is 15.4 Å². The lowest BCUT2D eigenvalue weighted by Crippen LogP contribution is -2.53. The van der Waals surface area contributed by atoms with Crippen molar-refractivity contribution >= 4 is 49.0 Å². The molecule has 0 radical (unpaired) electrons. The summed E-state index contributed by atoms with van der Waals surface area (Å²) in [7, 11) is -4.13. The lowest BCUT2D eigenvalue weighted by atomic mass is 9.87. The molecule has 2 aliphatic rings. The number of hydrogen-bond donors (Lipinski definition) is 1. The topological polar surface area (TPSA) is 131 Å².